The van der Waals surface area contributed by atoms with Gasteiger partial charge in [0, 0.05) is 29.6 Å². The van der Waals surface area contributed by atoms with Crippen molar-refractivity contribution in [2.75, 3.05) is 36.2 Å². The molecule has 1 atom stereocenters. The molecular weight excluding hydrogens is 364 g/mol. The number of nitrogens with zero attached hydrogens (tertiary/aromatic N) is 1. The van der Waals surface area contributed by atoms with Gasteiger partial charge in [-0.15, -0.1) is 11.8 Å². The summed E-state index contributed by atoms with van der Waals surface area (Å²) >= 11 is 1.57. The zero-order valence-electron chi connectivity index (χ0n) is 14.9. The van der Waals surface area contributed by atoms with E-state index in [2.05, 4.69) is 5.32 Å². The molecule has 2 aliphatic rings. The van der Waals surface area contributed by atoms with Crippen LogP contribution in [0, 0.1) is 5.92 Å². The van der Waals surface area contributed by atoms with Crippen LogP contribution in [0.3, 0.4) is 0 Å². The molecule has 1 fully saturated rings. The molecule has 0 spiro atoms. The van der Waals surface area contributed by atoms with Gasteiger partial charge in [0.15, 0.2) is 11.5 Å². The number of benzene rings is 2. The van der Waals surface area contributed by atoms with E-state index in [-0.39, 0.29) is 24.2 Å². The van der Waals surface area contributed by atoms with Gasteiger partial charge in [-0.3, -0.25) is 9.59 Å². The van der Waals surface area contributed by atoms with Crippen LogP contribution in [0.25, 0.3) is 0 Å². The molecule has 140 valence electrons. The highest BCUT2D eigenvalue weighted by Gasteiger charge is 2.35. The van der Waals surface area contributed by atoms with Crippen LogP contribution >= 0.6 is 11.8 Å². The Morgan fingerprint density at radius 3 is 2.74 bits per heavy atom. The lowest BCUT2D eigenvalue weighted by Gasteiger charge is -2.22. The molecule has 1 unspecified atom stereocenters. The Morgan fingerprint density at radius 1 is 1.15 bits per heavy atom. The number of para-hydroxylation sites is 1. The molecule has 0 aliphatic carbocycles. The third kappa shape index (κ3) is 3.60. The van der Waals surface area contributed by atoms with E-state index < -0.39 is 0 Å². The fourth-order valence-corrected chi connectivity index (χ4v) is 3.87. The Balaban J connectivity index is 1.48. The molecule has 1 N–H and O–H groups in total. The number of carbonyl (C=O) groups excluding carboxylic acids is 2. The molecule has 4 rings (SSSR count). The van der Waals surface area contributed by atoms with Crippen molar-refractivity contribution in [1.29, 1.82) is 0 Å². The minimum atomic E-state index is -0.388. The number of anilines is 2. The van der Waals surface area contributed by atoms with Gasteiger partial charge >= 0.3 is 0 Å². The van der Waals surface area contributed by atoms with E-state index >= 15 is 0 Å². The Bertz CT molecular complexity index is 886. The fraction of sp³-hybridized carbons (Fsp3) is 0.300. The van der Waals surface area contributed by atoms with Crippen molar-refractivity contribution in [3.05, 3.63) is 42.5 Å². The maximum absolute atomic E-state index is 12.7. The second-order valence-electron chi connectivity index (χ2n) is 6.42. The fourth-order valence-electron chi connectivity index (χ4n) is 3.32. The van der Waals surface area contributed by atoms with Gasteiger partial charge in [-0.1, -0.05) is 12.1 Å². The monoisotopic (exact) mass is 384 g/mol. The number of rotatable bonds is 4. The summed E-state index contributed by atoms with van der Waals surface area (Å²) in [6, 6.07) is 13.1. The Labute approximate surface area is 161 Å². The van der Waals surface area contributed by atoms with Crippen molar-refractivity contribution in [2.24, 2.45) is 5.92 Å². The highest BCUT2D eigenvalue weighted by atomic mass is 32.2. The Kier molecular flexibility index (Phi) is 4.94. The van der Waals surface area contributed by atoms with Crippen LogP contribution in [-0.2, 0) is 9.59 Å². The molecule has 0 radical (unpaired) electrons. The van der Waals surface area contributed by atoms with Crippen LogP contribution in [0.5, 0.6) is 11.5 Å². The molecule has 1 saturated heterocycles. The maximum Gasteiger partial charge on any atom is 0.229 e. The number of nitrogens with one attached hydrogen (secondary N) is 1. The molecule has 6 nitrogen and oxygen atoms in total. The molecule has 2 heterocycles. The predicted molar refractivity (Wildman–Crippen MR) is 105 cm³/mol. The van der Waals surface area contributed by atoms with E-state index in [9.17, 15) is 9.59 Å². The van der Waals surface area contributed by atoms with Crippen LogP contribution in [-0.4, -0.2) is 37.8 Å². The first-order chi connectivity index (χ1) is 13.2. The first kappa shape index (κ1) is 17.7. The van der Waals surface area contributed by atoms with Crippen molar-refractivity contribution in [3.8, 4) is 11.5 Å². The highest BCUT2D eigenvalue weighted by molar-refractivity contribution is 7.98. The van der Waals surface area contributed by atoms with Crippen molar-refractivity contribution < 1.29 is 19.1 Å². The highest BCUT2D eigenvalue weighted by Crippen LogP contribution is 2.36. The summed E-state index contributed by atoms with van der Waals surface area (Å²) in [5.74, 6) is 0.725. The molecule has 0 aromatic heterocycles. The van der Waals surface area contributed by atoms with Crippen LogP contribution in [0.4, 0.5) is 11.4 Å². The van der Waals surface area contributed by atoms with E-state index in [0.717, 1.165) is 16.3 Å². The second kappa shape index (κ2) is 7.52. The molecule has 2 aliphatic heterocycles. The third-order valence-electron chi connectivity index (χ3n) is 4.70. The summed E-state index contributed by atoms with van der Waals surface area (Å²) in [6.45, 7) is 1.37. The standard InChI is InChI=1S/C20H20N2O4S/c1-27-18-5-3-2-4-15(18)21-20(24)13-10-19(23)22(12-13)14-6-7-16-17(11-14)26-9-8-25-16/h2-7,11,13H,8-10,12H2,1H3,(H,21,24). The van der Waals surface area contributed by atoms with E-state index in [1.807, 2.05) is 36.6 Å². The molecule has 0 bridgehead atoms. The Hall–Kier alpha value is -2.67. The van der Waals surface area contributed by atoms with Gasteiger partial charge in [-0.2, -0.15) is 0 Å². The first-order valence-electron chi connectivity index (χ1n) is 8.79. The number of carbonyl (C=O) groups is 2. The summed E-state index contributed by atoms with van der Waals surface area (Å²) in [4.78, 5) is 27.8. The maximum atomic E-state index is 12.7. The lowest BCUT2D eigenvalue weighted by molar-refractivity contribution is -0.122. The summed E-state index contributed by atoms with van der Waals surface area (Å²) in [5.41, 5.74) is 1.50. The van der Waals surface area contributed by atoms with Gasteiger partial charge in [-0.25, -0.2) is 0 Å². The molecule has 2 aromatic rings. The minimum absolute atomic E-state index is 0.0648. The average molecular weight is 384 g/mol. The largest absolute Gasteiger partial charge is 0.486 e. The summed E-state index contributed by atoms with van der Waals surface area (Å²) < 4.78 is 11.1. The van der Waals surface area contributed by atoms with E-state index in [1.165, 1.54) is 0 Å². The van der Waals surface area contributed by atoms with Crippen molar-refractivity contribution in [1.82, 2.24) is 0 Å². The van der Waals surface area contributed by atoms with Gasteiger partial charge in [0.1, 0.15) is 13.2 Å². The molecule has 2 aromatic carbocycles. The SMILES string of the molecule is CSc1ccccc1NC(=O)C1CC(=O)N(c2ccc3c(c2)OCCO3)C1. The second-order valence-corrected chi connectivity index (χ2v) is 7.27. The molecule has 2 amide bonds. The summed E-state index contributed by atoms with van der Waals surface area (Å²) in [5, 5.41) is 2.96. The van der Waals surface area contributed by atoms with Crippen molar-refractivity contribution in [2.45, 2.75) is 11.3 Å². The van der Waals surface area contributed by atoms with Gasteiger partial charge < -0.3 is 19.7 Å². The van der Waals surface area contributed by atoms with Crippen LogP contribution in [0.15, 0.2) is 47.4 Å². The molecule has 0 saturated carbocycles. The molecule has 7 heteroatoms. The van der Waals surface area contributed by atoms with Crippen molar-refractivity contribution in [3.63, 3.8) is 0 Å². The number of thioether (sulfide) groups is 1. The number of ether oxygens (including phenoxy) is 2. The first-order valence-corrected chi connectivity index (χ1v) is 10.0. The zero-order valence-corrected chi connectivity index (χ0v) is 15.8. The quantitative estimate of drug-likeness (QED) is 0.820. The smallest absolute Gasteiger partial charge is 0.229 e. The van der Waals surface area contributed by atoms with Gasteiger partial charge in [-0.05, 0) is 30.5 Å². The van der Waals surface area contributed by atoms with E-state index in [0.29, 0.717) is 31.3 Å². The van der Waals surface area contributed by atoms with E-state index in [1.54, 1.807) is 28.8 Å². The van der Waals surface area contributed by atoms with Gasteiger partial charge in [0.05, 0.1) is 11.6 Å². The summed E-state index contributed by atoms with van der Waals surface area (Å²) in [7, 11) is 0. The van der Waals surface area contributed by atoms with Gasteiger partial charge in [0.25, 0.3) is 0 Å². The minimum Gasteiger partial charge on any atom is -0.486 e. The van der Waals surface area contributed by atoms with E-state index in [4.69, 9.17) is 9.47 Å². The van der Waals surface area contributed by atoms with Crippen LogP contribution in [0.1, 0.15) is 6.42 Å². The van der Waals surface area contributed by atoms with Crippen LogP contribution < -0.4 is 19.7 Å². The number of hydrogen-bond acceptors (Lipinski definition) is 5. The Morgan fingerprint density at radius 2 is 1.93 bits per heavy atom. The average Bonchev–Trinajstić information content (AvgIpc) is 3.10. The number of hydrogen-bond donors (Lipinski definition) is 1. The molecular formula is C20H20N2O4S. The number of fused-ring (bicyclic) bond motifs is 1. The lowest BCUT2D eigenvalue weighted by Crippen LogP contribution is -2.28. The molecule has 27 heavy (non-hydrogen) atoms. The number of amides is 2. The normalized spacial score (nSPS) is 18.5. The van der Waals surface area contributed by atoms with Crippen molar-refractivity contribution >= 4 is 35.0 Å². The summed E-state index contributed by atoms with van der Waals surface area (Å²) in [6.07, 6.45) is 2.16. The van der Waals surface area contributed by atoms with Gasteiger partial charge in [0.2, 0.25) is 11.8 Å². The third-order valence-corrected chi connectivity index (χ3v) is 5.49. The van der Waals surface area contributed by atoms with Crippen LogP contribution in [0.2, 0.25) is 0 Å². The lowest BCUT2D eigenvalue weighted by atomic mass is 10.1. The zero-order chi connectivity index (χ0) is 18.8. The topological polar surface area (TPSA) is 67.9 Å². The predicted octanol–water partition coefficient (Wildman–Crippen LogP) is 3.17.